The Kier molecular flexibility index (Phi) is 8.91. The predicted octanol–water partition coefficient (Wildman–Crippen LogP) is 16.1. The zero-order chi connectivity index (χ0) is 40.2. The Bertz CT molecular complexity index is 3290. The largest absolute Gasteiger partial charge is 0.313 e. The highest BCUT2D eigenvalue weighted by atomic mass is 32.1. The fourth-order valence-electron chi connectivity index (χ4n) is 9.22. The van der Waals surface area contributed by atoms with E-state index in [-0.39, 0.29) is 0 Å². The number of nitrogens with zero attached hydrogens (tertiary/aromatic N) is 2. The van der Waals surface area contributed by atoms with E-state index in [2.05, 4.69) is 230 Å². The molecule has 8 aromatic carbocycles. The molecule has 11 rings (SSSR count). The van der Waals surface area contributed by atoms with Crippen molar-refractivity contribution in [3.63, 3.8) is 0 Å². The molecule has 0 saturated carbocycles. The van der Waals surface area contributed by atoms with Crippen molar-refractivity contribution < 1.29 is 0 Å². The first-order chi connectivity index (χ1) is 29.6. The highest BCUT2D eigenvalue weighted by Gasteiger charge is 2.20. The molecule has 10 aromatic rings. The number of hydrogen-bond donors (Lipinski definition) is 0. The van der Waals surface area contributed by atoms with Crippen molar-refractivity contribution in [1.82, 2.24) is 4.57 Å². The normalized spacial score (nSPS) is 12.5. The van der Waals surface area contributed by atoms with E-state index in [4.69, 9.17) is 0 Å². The van der Waals surface area contributed by atoms with Gasteiger partial charge in [0.15, 0.2) is 0 Å². The summed E-state index contributed by atoms with van der Waals surface area (Å²) in [5.74, 6) is 0. The van der Waals surface area contributed by atoms with Crippen LogP contribution in [0.3, 0.4) is 0 Å². The number of para-hydroxylation sites is 2. The average Bonchev–Trinajstić information content (AvgIpc) is 3.76. The highest BCUT2D eigenvalue weighted by Crippen LogP contribution is 2.44. The lowest BCUT2D eigenvalue weighted by Gasteiger charge is -2.27. The van der Waals surface area contributed by atoms with Crippen LogP contribution < -0.4 is 4.90 Å². The third-order valence-electron chi connectivity index (χ3n) is 12.1. The molecule has 1 aliphatic rings. The molecule has 0 atom stereocenters. The Hall–Kier alpha value is -7.20. The van der Waals surface area contributed by atoms with Gasteiger partial charge in [-0.25, -0.2) is 0 Å². The molecule has 0 N–H and O–H groups in total. The fourth-order valence-corrected chi connectivity index (χ4v) is 10.5. The van der Waals surface area contributed by atoms with E-state index in [1.807, 2.05) is 11.3 Å². The summed E-state index contributed by atoms with van der Waals surface area (Å²) in [6.07, 6.45) is 7.88. The quantitative estimate of drug-likeness (QED) is 0.156. The van der Waals surface area contributed by atoms with Crippen LogP contribution in [0.1, 0.15) is 27.9 Å². The highest BCUT2D eigenvalue weighted by molar-refractivity contribution is 7.26. The molecule has 2 nitrogen and oxygen atoms in total. The van der Waals surface area contributed by atoms with Gasteiger partial charge in [-0.15, -0.1) is 11.3 Å². The lowest BCUT2D eigenvalue weighted by Crippen LogP contribution is -2.10. The van der Waals surface area contributed by atoms with E-state index in [0.29, 0.717) is 0 Å². The molecule has 0 radical (unpaired) electrons. The zero-order valence-corrected chi connectivity index (χ0v) is 34.5. The van der Waals surface area contributed by atoms with Gasteiger partial charge in [0.25, 0.3) is 0 Å². The van der Waals surface area contributed by atoms with E-state index in [1.165, 1.54) is 92.5 Å². The number of rotatable bonds is 7. The molecule has 286 valence electrons. The minimum Gasteiger partial charge on any atom is -0.313 e. The molecule has 0 bridgehead atoms. The van der Waals surface area contributed by atoms with Crippen molar-refractivity contribution in [3.05, 3.63) is 228 Å². The maximum Gasteiger partial charge on any atom is 0.0537 e. The third-order valence-corrected chi connectivity index (χ3v) is 13.5. The first-order valence-electron chi connectivity index (χ1n) is 20.7. The molecule has 0 spiro atoms. The number of aryl methyl sites for hydroxylation is 2. The first kappa shape index (κ1) is 35.9. The summed E-state index contributed by atoms with van der Waals surface area (Å²) in [5.41, 5.74) is 18.3. The average molecular weight is 787 g/mol. The molecule has 0 saturated heterocycles. The Morgan fingerprint density at radius 3 is 1.93 bits per heavy atom. The SMILES string of the molecule is Cc1cc(N(c2ccc(-c3ccccc3)cc2)c2cccc(-c3cccc4c3sc3c(C)cccc34)c2)ccc1C1=CCc2c(c3ccccc3n2-c2ccccc2)C=C1. The van der Waals surface area contributed by atoms with E-state index in [0.717, 1.165) is 23.5 Å². The van der Waals surface area contributed by atoms with E-state index < -0.39 is 0 Å². The summed E-state index contributed by atoms with van der Waals surface area (Å²) in [5, 5.41) is 3.94. The number of aromatic nitrogens is 1. The van der Waals surface area contributed by atoms with Crippen LogP contribution in [0.25, 0.3) is 70.7 Å². The lowest BCUT2D eigenvalue weighted by molar-refractivity contribution is 1.00. The van der Waals surface area contributed by atoms with Gasteiger partial charge >= 0.3 is 0 Å². The third kappa shape index (κ3) is 6.18. The van der Waals surface area contributed by atoms with Crippen LogP contribution in [0.2, 0.25) is 0 Å². The van der Waals surface area contributed by atoms with E-state index in [9.17, 15) is 0 Å². The van der Waals surface area contributed by atoms with E-state index in [1.54, 1.807) is 0 Å². The molecule has 2 aromatic heterocycles. The molecule has 0 amide bonds. The Balaban J connectivity index is 1.00. The van der Waals surface area contributed by atoms with Gasteiger partial charge in [-0.2, -0.15) is 0 Å². The van der Waals surface area contributed by atoms with Gasteiger partial charge in [-0.3, -0.25) is 0 Å². The monoisotopic (exact) mass is 786 g/mol. The smallest absolute Gasteiger partial charge is 0.0537 e. The lowest BCUT2D eigenvalue weighted by atomic mass is 9.97. The van der Waals surface area contributed by atoms with Gasteiger partial charge in [-0.1, -0.05) is 152 Å². The number of hydrogen-bond acceptors (Lipinski definition) is 2. The van der Waals surface area contributed by atoms with Crippen LogP contribution in [-0.4, -0.2) is 4.57 Å². The van der Waals surface area contributed by atoms with Gasteiger partial charge in [-0.05, 0) is 113 Å². The second-order valence-corrected chi connectivity index (χ2v) is 16.8. The summed E-state index contributed by atoms with van der Waals surface area (Å²) in [6, 6.07) is 68.6. The van der Waals surface area contributed by atoms with Crippen molar-refractivity contribution in [2.24, 2.45) is 0 Å². The predicted molar refractivity (Wildman–Crippen MR) is 258 cm³/mol. The van der Waals surface area contributed by atoms with E-state index >= 15 is 0 Å². The number of thiophene rings is 1. The molecule has 60 heavy (non-hydrogen) atoms. The maximum absolute atomic E-state index is 2.43. The van der Waals surface area contributed by atoms with Crippen LogP contribution >= 0.6 is 11.3 Å². The fraction of sp³-hybridized carbons (Fsp3) is 0.0526. The Morgan fingerprint density at radius 2 is 1.12 bits per heavy atom. The molecule has 1 aliphatic carbocycles. The standard InChI is InChI=1S/C57H42N2S/c1-38-14-11-23-52-53-24-13-22-49(57(53)60-56(38)52)43-17-12-20-46(37-43)58(45-30-26-41(27-31-45)40-15-5-3-6-16-40)47-32-34-48(39(2)36-47)42-28-33-51-50-21-9-10-25-54(50)59(55(51)35-29-42)44-18-7-4-8-19-44/h3-34,36-37H,35H2,1-2H3. The maximum atomic E-state index is 2.43. The molecule has 3 heteroatoms. The Morgan fingerprint density at radius 1 is 0.467 bits per heavy atom. The summed E-state index contributed by atoms with van der Waals surface area (Å²) < 4.78 is 5.13. The molecule has 0 unspecified atom stereocenters. The van der Waals surface area contributed by atoms with Gasteiger partial charge in [0.2, 0.25) is 0 Å². The number of anilines is 3. The van der Waals surface area contributed by atoms with Crippen LogP contribution in [0.5, 0.6) is 0 Å². The summed E-state index contributed by atoms with van der Waals surface area (Å²) in [4.78, 5) is 2.41. The van der Waals surface area contributed by atoms with Crippen LogP contribution in [0.15, 0.2) is 200 Å². The number of allylic oxidation sites excluding steroid dienone is 3. The molecule has 0 aliphatic heterocycles. The number of benzene rings is 8. The molecule has 0 fully saturated rings. The summed E-state index contributed by atoms with van der Waals surface area (Å²) >= 11 is 1.91. The van der Waals surface area contributed by atoms with Crippen molar-refractivity contribution in [1.29, 1.82) is 0 Å². The van der Waals surface area contributed by atoms with Crippen molar-refractivity contribution in [2.45, 2.75) is 20.3 Å². The van der Waals surface area contributed by atoms with Crippen molar-refractivity contribution in [3.8, 4) is 27.9 Å². The van der Waals surface area contributed by atoms with Crippen LogP contribution in [-0.2, 0) is 6.42 Å². The minimum atomic E-state index is 0.835. The Labute approximate surface area is 355 Å². The molecule has 2 heterocycles. The molecular weight excluding hydrogens is 745 g/mol. The van der Waals surface area contributed by atoms with Gasteiger partial charge in [0.05, 0.1) is 5.52 Å². The van der Waals surface area contributed by atoms with Gasteiger partial charge in [0, 0.05) is 66.0 Å². The second kappa shape index (κ2) is 14.9. The van der Waals surface area contributed by atoms with Crippen molar-refractivity contribution in [2.75, 3.05) is 4.90 Å². The van der Waals surface area contributed by atoms with Crippen LogP contribution in [0, 0.1) is 13.8 Å². The van der Waals surface area contributed by atoms with Gasteiger partial charge < -0.3 is 9.47 Å². The topological polar surface area (TPSA) is 8.17 Å². The van der Waals surface area contributed by atoms with Crippen LogP contribution in [0.4, 0.5) is 17.1 Å². The number of fused-ring (bicyclic) bond motifs is 6. The summed E-state index contributed by atoms with van der Waals surface area (Å²) in [6.45, 7) is 4.47. The van der Waals surface area contributed by atoms with Crippen molar-refractivity contribution >= 4 is 71.1 Å². The molecular formula is C57H42N2S. The zero-order valence-electron chi connectivity index (χ0n) is 33.6. The first-order valence-corrected chi connectivity index (χ1v) is 21.5. The minimum absolute atomic E-state index is 0.835. The second-order valence-electron chi connectivity index (χ2n) is 15.8. The van der Waals surface area contributed by atoms with Gasteiger partial charge in [0.1, 0.15) is 0 Å². The summed E-state index contributed by atoms with van der Waals surface area (Å²) in [7, 11) is 0.